The third-order valence-electron chi connectivity index (χ3n) is 5.60. The molecule has 14 nitrogen and oxygen atoms in total. The molecule has 0 saturated heterocycles. The van der Waals surface area contributed by atoms with Crippen LogP contribution in [0.15, 0.2) is 60.7 Å². The van der Waals surface area contributed by atoms with Crippen molar-refractivity contribution in [3.05, 3.63) is 71.8 Å². The van der Waals surface area contributed by atoms with Gasteiger partial charge in [0, 0.05) is 42.7 Å². The van der Waals surface area contributed by atoms with Gasteiger partial charge in [-0.1, -0.05) is 52.0 Å². The first kappa shape index (κ1) is 34.9. The van der Waals surface area contributed by atoms with E-state index in [1.54, 1.807) is 52.0 Å². The second-order valence-electron chi connectivity index (χ2n) is 12.2. The van der Waals surface area contributed by atoms with Crippen molar-refractivity contribution in [3.63, 3.8) is 0 Å². The van der Waals surface area contributed by atoms with Gasteiger partial charge >= 0.3 is 11.9 Å². The Bertz CT molecular complexity index is 1560. The monoisotopic (exact) mass is 777 g/mol. The van der Waals surface area contributed by atoms with E-state index in [-0.39, 0.29) is 23.7 Å². The second-order valence-corrected chi connectivity index (χ2v) is 12.2. The fraction of sp³-hybridized carbons (Fsp3) is 0.600. The Labute approximate surface area is 335 Å². The highest BCUT2D eigenvalue weighted by Gasteiger charge is 2.07. The van der Waals surface area contributed by atoms with Crippen LogP contribution in [-0.2, 0) is 41.8 Å². The molecule has 0 bridgehead atoms. The van der Waals surface area contributed by atoms with Crippen molar-refractivity contribution in [2.24, 2.45) is 0 Å². The molecular formula is C40H66N2O12. The van der Waals surface area contributed by atoms with Gasteiger partial charge in [-0.3, -0.25) is 0 Å². The number of hydrogen-bond donors (Lipinski definition) is 6. The molecule has 308 valence electrons. The molecule has 0 amide bonds. The van der Waals surface area contributed by atoms with Gasteiger partial charge in [0.05, 0.1) is 60.1 Å². The first-order valence-electron chi connectivity index (χ1n) is 22.3. The topological polar surface area (TPSA) is 194 Å². The standard InChI is InChI=1S/2C18H31NO4.C4H4O4/c2*1-14(2)19-11-17(20)13-23-18-7-5-16(6-8-18)12-21-9-10-22-15(3)4;5-3(6)1-2-4(7)8/h2*5-8,14-15,17,19-20H,9-13H2,1-4H3;1-2H,(H,5,6)(H,7,8)/b;;2-1+/i2*11D2,13D2,17D;. The van der Waals surface area contributed by atoms with Crippen LogP contribution in [-0.4, -0.2) is 121 Å². The van der Waals surface area contributed by atoms with Crippen molar-refractivity contribution < 1.29 is 72.1 Å². The van der Waals surface area contributed by atoms with Gasteiger partial charge in [0.15, 0.2) is 0 Å². The van der Waals surface area contributed by atoms with Crippen molar-refractivity contribution in [3.8, 4) is 11.5 Å². The normalized spacial score (nSPS) is 17.3. The van der Waals surface area contributed by atoms with Gasteiger partial charge in [-0.05, 0) is 63.1 Å². The zero-order chi connectivity index (χ0) is 49.7. The molecule has 0 spiro atoms. The lowest BCUT2D eigenvalue weighted by Gasteiger charge is -2.15. The number of aliphatic carboxylic acids is 2. The van der Waals surface area contributed by atoms with E-state index < -0.39 is 62.3 Å². The fourth-order valence-corrected chi connectivity index (χ4v) is 3.21. The van der Waals surface area contributed by atoms with Gasteiger partial charge < -0.3 is 59.5 Å². The molecule has 0 fully saturated rings. The molecule has 0 saturated carbocycles. The van der Waals surface area contributed by atoms with Crippen LogP contribution in [0.3, 0.4) is 0 Å². The maximum Gasteiger partial charge on any atom is 0.328 e. The van der Waals surface area contributed by atoms with Crippen LogP contribution in [0.1, 0.15) is 80.2 Å². The van der Waals surface area contributed by atoms with Gasteiger partial charge in [0.25, 0.3) is 0 Å². The lowest BCUT2D eigenvalue weighted by Crippen LogP contribution is -2.35. The van der Waals surface area contributed by atoms with Crippen LogP contribution < -0.4 is 20.1 Å². The van der Waals surface area contributed by atoms with Crippen LogP contribution in [0.5, 0.6) is 11.5 Å². The summed E-state index contributed by atoms with van der Waals surface area (Å²) in [6.07, 6.45) is -4.98. The summed E-state index contributed by atoms with van der Waals surface area (Å²) in [7, 11) is 0. The summed E-state index contributed by atoms with van der Waals surface area (Å²) in [6.45, 7) is 5.35. The zero-order valence-electron chi connectivity index (χ0n) is 42.4. The van der Waals surface area contributed by atoms with E-state index >= 15 is 0 Å². The summed E-state index contributed by atoms with van der Waals surface area (Å²) in [5.41, 5.74) is 1.66. The number of carboxylic acid groups (broad SMARTS) is 2. The number of ether oxygens (including phenoxy) is 6. The van der Waals surface area contributed by atoms with E-state index in [0.717, 1.165) is 11.1 Å². The minimum absolute atomic E-state index is 0.0583. The van der Waals surface area contributed by atoms with Crippen molar-refractivity contribution in [2.75, 3.05) is 52.5 Å². The lowest BCUT2D eigenvalue weighted by molar-refractivity contribution is -0.134. The first-order valence-corrected chi connectivity index (χ1v) is 17.3. The quantitative estimate of drug-likeness (QED) is 0.0580. The summed E-state index contributed by atoms with van der Waals surface area (Å²) in [4.78, 5) is 19.1. The zero-order valence-corrected chi connectivity index (χ0v) is 32.4. The average molecular weight is 777 g/mol. The van der Waals surface area contributed by atoms with E-state index in [4.69, 9.17) is 52.3 Å². The smallest absolute Gasteiger partial charge is 0.328 e. The molecule has 54 heavy (non-hydrogen) atoms. The molecular weight excluding hydrogens is 700 g/mol. The Balaban J connectivity index is 0.00000106. The summed E-state index contributed by atoms with van der Waals surface area (Å²) in [5.74, 6) is -2.40. The molecule has 0 radical (unpaired) electrons. The summed E-state index contributed by atoms with van der Waals surface area (Å²) < 4.78 is 111. The Hall–Kier alpha value is -3.60. The van der Waals surface area contributed by atoms with Crippen molar-refractivity contribution in [2.45, 2.75) is 105 Å². The number of hydrogen-bond acceptors (Lipinski definition) is 12. The number of nitrogens with one attached hydrogen (secondary N) is 2. The number of aliphatic hydroxyl groups is 2. The van der Waals surface area contributed by atoms with Crippen LogP contribution >= 0.6 is 0 Å². The van der Waals surface area contributed by atoms with Gasteiger partial charge in [-0.25, -0.2) is 9.59 Å². The van der Waals surface area contributed by atoms with Crippen molar-refractivity contribution in [1.29, 1.82) is 0 Å². The molecule has 14 heteroatoms. The predicted molar refractivity (Wildman–Crippen MR) is 208 cm³/mol. The third-order valence-corrected chi connectivity index (χ3v) is 5.60. The Kier molecular flexibility index (Phi) is 20.5. The molecule has 0 aromatic heterocycles. The van der Waals surface area contributed by atoms with Crippen LogP contribution in [0.25, 0.3) is 0 Å². The minimum Gasteiger partial charge on any atom is -0.491 e. The van der Waals surface area contributed by atoms with Gasteiger partial charge in [-0.15, -0.1) is 0 Å². The van der Waals surface area contributed by atoms with E-state index in [0.29, 0.717) is 51.8 Å². The minimum atomic E-state index is -3.19. The molecule has 6 N–H and O–H groups in total. The molecule has 0 aliphatic heterocycles. The first-order chi connectivity index (χ1) is 29.2. The lowest BCUT2D eigenvalue weighted by atomic mass is 10.2. The predicted octanol–water partition coefficient (Wildman–Crippen LogP) is 4.44. The highest BCUT2D eigenvalue weighted by atomic mass is 16.5. The molecule has 2 aromatic carbocycles. The molecule has 0 heterocycles. The SMILES string of the molecule is O=C(O)/C=C/C(=O)O.[2H]C([2H])(NC(C)C)C([2H])(O)C([2H])([2H])Oc1ccc(COCCOC(C)C)cc1.[2H]C([2H])(NC(C)C)C([2H])(O)C([2H])([2H])Oc1ccc(COCCOC(C)C)cc1. The van der Waals surface area contributed by atoms with Gasteiger partial charge in [-0.2, -0.15) is 0 Å². The fourth-order valence-electron chi connectivity index (χ4n) is 3.21. The van der Waals surface area contributed by atoms with Crippen molar-refractivity contribution in [1.82, 2.24) is 10.6 Å². The highest BCUT2D eigenvalue weighted by Crippen LogP contribution is 2.14. The number of carbonyl (C=O) groups is 2. The average Bonchev–Trinajstić information content (AvgIpc) is 3.14. The maximum absolute atomic E-state index is 10.2. The van der Waals surface area contributed by atoms with Crippen LogP contribution in [0.4, 0.5) is 0 Å². The summed E-state index contributed by atoms with van der Waals surface area (Å²) >= 11 is 0. The van der Waals surface area contributed by atoms with E-state index in [2.05, 4.69) is 10.6 Å². The summed E-state index contributed by atoms with van der Waals surface area (Å²) in [6, 6.07) is 11.7. The Morgan fingerprint density at radius 3 is 1.24 bits per heavy atom. The molecule has 0 aliphatic carbocycles. The van der Waals surface area contributed by atoms with Crippen LogP contribution in [0, 0.1) is 0 Å². The van der Waals surface area contributed by atoms with E-state index in [1.807, 2.05) is 27.7 Å². The Morgan fingerprint density at radius 2 is 0.963 bits per heavy atom. The van der Waals surface area contributed by atoms with E-state index in [9.17, 15) is 19.8 Å². The maximum atomic E-state index is 10.2. The van der Waals surface area contributed by atoms with Crippen molar-refractivity contribution >= 4 is 11.9 Å². The largest absolute Gasteiger partial charge is 0.491 e. The Morgan fingerprint density at radius 1 is 0.630 bits per heavy atom. The van der Waals surface area contributed by atoms with Gasteiger partial charge in [0.1, 0.15) is 36.8 Å². The number of rotatable bonds is 26. The molecule has 0 aliphatic rings. The summed E-state index contributed by atoms with van der Waals surface area (Å²) in [5, 5.41) is 40.8. The van der Waals surface area contributed by atoms with Gasteiger partial charge in [0.2, 0.25) is 0 Å². The molecule has 2 unspecified atom stereocenters. The molecule has 2 atom stereocenters. The van der Waals surface area contributed by atoms with Crippen LogP contribution in [0.2, 0.25) is 0 Å². The third kappa shape index (κ3) is 33.0. The van der Waals surface area contributed by atoms with E-state index in [1.165, 1.54) is 24.3 Å². The molecule has 2 rings (SSSR count). The number of benzene rings is 2. The second kappa shape index (κ2) is 31.7. The number of carboxylic acids is 2. The highest BCUT2D eigenvalue weighted by molar-refractivity contribution is 5.89. The molecule has 2 aromatic rings.